The van der Waals surface area contributed by atoms with Gasteiger partial charge in [0, 0.05) is 45.4 Å². The third kappa shape index (κ3) is 11.9. The van der Waals surface area contributed by atoms with Gasteiger partial charge in [0.25, 0.3) is 0 Å². The van der Waals surface area contributed by atoms with Crippen molar-refractivity contribution in [3.05, 3.63) is 77.9 Å². The van der Waals surface area contributed by atoms with Crippen LogP contribution in [0.2, 0.25) is 0 Å². The molecule has 0 spiro atoms. The zero-order chi connectivity index (χ0) is 46.8. The lowest BCUT2D eigenvalue weighted by Gasteiger charge is -2.34. The van der Waals surface area contributed by atoms with Crippen molar-refractivity contribution in [1.29, 1.82) is 0 Å². The van der Waals surface area contributed by atoms with Crippen molar-refractivity contribution in [1.82, 2.24) is 41.3 Å². The van der Waals surface area contributed by atoms with Crippen LogP contribution in [-0.4, -0.2) is 136 Å². The van der Waals surface area contributed by atoms with Crippen LogP contribution in [0.4, 0.5) is 0 Å². The molecular weight excluding hydrogens is 833 g/mol. The van der Waals surface area contributed by atoms with Gasteiger partial charge in [0.05, 0.1) is 0 Å². The third-order valence-corrected chi connectivity index (χ3v) is 13.0. The number of carbonyl (C=O) groups excluding carboxylic acids is 8. The molecule has 2 aromatic rings. The molecule has 2 aromatic carbocycles. The van der Waals surface area contributed by atoms with E-state index in [1.54, 1.807) is 43.0 Å². The molecule has 0 unspecified atom stereocenters. The summed E-state index contributed by atoms with van der Waals surface area (Å²) in [7, 11) is 0. The molecule has 0 saturated carbocycles. The van der Waals surface area contributed by atoms with Crippen LogP contribution in [0.3, 0.4) is 0 Å². The predicted octanol–water partition coefficient (Wildman–Crippen LogP) is 1.48. The van der Waals surface area contributed by atoms with Crippen LogP contribution in [0, 0.1) is 11.8 Å². The zero-order valence-electron chi connectivity index (χ0n) is 37.8. The van der Waals surface area contributed by atoms with Gasteiger partial charge in [-0.3, -0.25) is 38.4 Å². The Morgan fingerprint density at radius 3 is 1.92 bits per heavy atom. The van der Waals surface area contributed by atoms with Crippen molar-refractivity contribution in [3.63, 3.8) is 0 Å². The SMILES string of the molecule is CC[C@H](C)[C@@H]1NC(=O)[C@@H]2CCCN2C(=O)[C@@H]2CCCN2C(=O)CCCNC(=O)[C@H](Cc2ccccc2)NC(=O)[C@H](Cc2ccc(O)cc2)NC(=O)[C@@H]2C=CCN2C(=O)[C@H](C(C)C)NC1=O. The molecule has 17 nitrogen and oxygen atoms in total. The number of carbonyl (C=O) groups is 8. The molecule has 4 aliphatic heterocycles. The Balaban J connectivity index is 1.32. The van der Waals surface area contributed by atoms with Crippen molar-refractivity contribution in [2.24, 2.45) is 11.8 Å². The van der Waals surface area contributed by atoms with Gasteiger partial charge in [-0.25, -0.2) is 0 Å². The standard InChI is InChI=1S/C48H64N8O9/c1-5-30(4)41-46(63)52-40(29(2)3)48(65)56-26-11-15-36(56)44(61)51-35(28-32-19-21-33(57)22-20-32)43(60)50-34(27-31-13-7-6-8-14-31)42(59)49-23-9-18-39(58)54-24-12-17-38(54)47(64)55-25-10-16-37(55)45(62)53-41/h6-8,11,13-15,19-22,29-30,34-38,40-41,57H,5,9-10,12,16-18,23-28H2,1-4H3,(H,49,59)(H,50,60)(H,51,61)(H,52,63)(H,53,62)/t30-,34-,35-,36-,37-,38-,40-,41-/m0/s1. The van der Waals surface area contributed by atoms with Gasteiger partial charge in [-0.2, -0.15) is 0 Å². The van der Waals surface area contributed by atoms with Gasteiger partial charge in [0.2, 0.25) is 47.3 Å². The summed E-state index contributed by atoms with van der Waals surface area (Å²) >= 11 is 0. The molecule has 0 bridgehead atoms. The van der Waals surface area contributed by atoms with Gasteiger partial charge >= 0.3 is 0 Å². The highest BCUT2D eigenvalue weighted by molar-refractivity contribution is 5.99. The fourth-order valence-electron chi connectivity index (χ4n) is 9.06. The number of aromatic hydroxyl groups is 1. The molecule has 3 saturated heterocycles. The highest BCUT2D eigenvalue weighted by Gasteiger charge is 2.44. The van der Waals surface area contributed by atoms with Crippen LogP contribution in [0.5, 0.6) is 5.75 Å². The van der Waals surface area contributed by atoms with Crippen molar-refractivity contribution in [3.8, 4) is 5.75 Å². The summed E-state index contributed by atoms with van der Waals surface area (Å²) in [6.07, 6.45) is 6.09. The second-order valence-electron chi connectivity index (χ2n) is 18.0. The lowest BCUT2D eigenvalue weighted by atomic mass is 9.95. The summed E-state index contributed by atoms with van der Waals surface area (Å²) in [6.45, 7) is 8.06. The summed E-state index contributed by atoms with van der Waals surface area (Å²) < 4.78 is 0. The smallest absolute Gasteiger partial charge is 0.247 e. The largest absolute Gasteiger partial charge is 0.508 e. The fourth-order valence-corrected chi connectivity index (χ4v) is 9.06. The van der Waals surface area contributed by atoms with Crippen molar-refractivity contribution < 1.29 is 43.5 Å². The minimum absolute atomic E-state index is 0.00685. The number of phenolic OH excluding ortho intramolecular Hbond substituents is 1. The molecule has 65 heavy (non-hydrogen) atoms. The first kappa shape index (κ1) is 48.2. The van der Waals surface area contributed by atoms with E-state index in [9.17, 15) is 43.5 Å². The number of benzene rings is 2. The highest BCUT2D eigenvalue weighted by atomic mass is 16.3. The number of amides is 8. The van der Waals surface area contributed by atoms with Gasteiger partial charge in [0.1, 0.15) is 48.0 Å². The van der Waals surface area contributed by atoms with Gasteiger partial charge in [-0.05, 0) is 67.2 Å². The molecule has 4 aliphatic rings. The van der Waals surface area contributed by atoms with Crippen LogP contribution in [0.15, 0.2) is 66.7 Å². The minimum Gasteiger partial charge on any atom is -0.508 e. The number of nitrogens with zero attached hydrogens (tertiary/aromatic N) is 3. The molecule has 0 aliphatic carbocycles. The topological polar surface area (TPSA) is 227 Å². The summed E-state index contributed by atoms with van der Waals surface area (Å²) in [5, 5.41) is 24.3. The van der Waals surface area contributed by atoms with Crippen LogP contribution in [-0.2, 0) is 51.2 Å². The van der Waals surface area contributed by atoms with Crippen LogP contribution in [0.1, 0.15) is 83.8 Å². The lowest BCUT2D eigenvalue weighted by molar-refractivity contribution is -0.147. The van der Waals surface area contributed by atoms with E-state index >= 15 is 0 Å². The normalized spacial score (nSPS) is 27.3. The van der Waals surface area contributed by atoms with E-state index in [0.717, 1.165) is 5.56 Å². The van der Waals surface area contributed by atoms with Gasteiger partial charge in [-0.15, -0.1) is 0 Å². The maximum Gasteiger partial charge on any atom is 0.247 e. The third-order valence-electron chi connectivity index (χ3n) is 13.0. The fraction of sp³-hybridized carbons (Fsp3) is 0.542. The highest BCUT2D eigenvalue weighted by Crippen LogP contribution is 2.27. The summed E-state index contributed by atoms with van der Waals surface area (Å²) in [4.78, 5) is 117. The Labute approximate surface area is 380 Å². The molecule has 6 rings (SSSR count). The van der Waals surface area contributed by atoms with Crippen LogP contribution in [0.25, 0.3) is 0 Å². The Morgan fingerprint density at radius 1 is 0.631 bits per heavy atom. The first-order chi connectivity index (χ1) is 31.2. The number of hydrogen-bond acceptors (Lipinski definition) is 9. The Hall–Kier alpha value is -6.26. The van der Waals surface area contributed by atoms with E-state index in [-0.39, 0.29) is 62.3 Å². The molecule has 4 heterocycles. The second-order valence-corrected chi connectivity index (χ2v) is 18.0. The molecular formula is C48H64N8O9. The number of nitrogens with one attached hydrogen (secondary N) is 5. The number of hydrogen-bond donors (Lipinski definition) is 6. The van der Waals surface area contributed by atoms with E-state index in [1.165, 1.54) is 21.9 Å². The monoisotopic (exact) mass is 896 g/mol. The van der Waals surface area contributed by atoms with Crippen molar-refractivity contribution in [2.75, 3.05) is 26.2 Å². The molecule has 0 aromatic heterocycles. The van der Waals surface area contributed by atoms with E-state index in [0.29, 0.717) is 50.8 Å². The molecule has 0 radical (unpaired) electrons. The van der Waals surface area contributed by atoms with E-state index in [1.807, 2.05) is 44.2 Å². The van der Waals surface area contributed by atoms with Crippen molar-refractivity contribution in [2.45, 2.75) is 128 Å². The molecule has 17 heteroatoms. The molecule has 350 valence electrons. The first-order valence-electron chi connectivity index (χ1n) is 23.0. The predicted molar refractivity (Wildman–Crippen MR) is 240 cm³/mol. The summed E-state index contributed by atoms with van der Waals surface area (Å²) in [5.74, 6) is -4.84. The Kier molecular flexibility index (Phi) is 16.4. The molecule has 3 fully saturated rings. The average Bonchev–Trinajstić information content (AvgIpc) is 4.10. The number of phenols is 1. The summed E-state index contributed by atoms with van der Waals surface area (Å²) in [5.41, 5.74) is 1.36. The van der Waals surface area contributed by atoms with E-state index < -0.39 is 83.7 Å². The van der Waals surface area contributed by atoms with E-state index in [4.69, 9.17) is 0 Å². The second kappa shape index (κ2) is 22.1. The minimum atomic E-state index is -1.24. The van der Waals surface area contributed by atoms with Gasteiger partial charge < -0.3 is 46.4 Å². The Morgan fingerprint density at radius 2 is 1.25 bits per heavy atom. The van der Waals surface area contributed by atoms with Crippen molar-refractivity contribution >= 4 is 47.3 Å². The molecule has 6 N–H and O–H groups in total. The summed E-state index contributed by atoms with van der Waals surface area (Å²) in [6, 6.07) is 7.98. The molecule has 8 amide bonds. The van der Waals surface area contributed by atoms with E-state index in [2.05, 4.69) is 26.6 Å². The maximum atomic E-state index is 14.4. The van der Waals surface area contributed by atoms with Crippen LogP contribution < -0.4 is 26.6 Å². The quantitative estimate of drug-likeness (QED) is 0.221. The lowest BCUT2D eigenvalue weighted by Crippen LogP contribution is -2.61. The zero-order valence-corrected chi connectivity index (χ0v) is 37.8. The molecule has 8 atom stereocenters. The van der Waals surface area contributed by atoms with Gasteiger partial charge in [-0.1, -0.05) is 88.7 Å². The Bertz CT molecular complexity index is 2100. The number of fused-ring (bicyclic) bond motifs is 3. The number of rotatable bonds is 7. The first-order valence-corrected chi connectivity index (χ1v) is 23.0. The van der Waals surface area contributed by atoms with Crippen LogP contribution >= 0.6 is 0 Å². The maximum absolute atomic E-state index is 14.4. The van der Waals surface area contributed by atoms with Gasteiger partial charge in [0.15, 0.2) is 0 Å². The average molecular weight is 897 g/mol.